The molecule has 1 amide bonds. The molecule has 0 aromatic heterocycles. The SMILES string of the molecule is O=C(C[C@@]1(O)C(=O)N(Cc2ccccc2F)c2ccccc21)c1ccc2c(c1)OCO2. The third-order valence-corrected chi connectivity index (χ3v) is 5.64. The predicted octanol–water partition coefficient (Wildman–Crippen LogP) is 3.56. The summed E-state index contributed by atoms with van der Waals surface area (Å²) in [4.78, 5) is 27.6. The molecule has 0 saturated heterocycles. The molecule has 0 saturated carbocycles. The van der Waals surface area contributed by atoms with Crippen molar-refractivity contribution < 1.29 is 28.6 Å². The molecule has 31 heavy (non-hydrogen) atoms. The van der Waals surface area contributed by atoms with Crippen LogP contribution in [-0.2, 0) is 16.9 Å². The van der Waals surface area contributed by atoms with Crippen molar-refractivity contribution in [1.82, 2.24) is 0 Å². The number of anilines is 1. The molecule has 3 aromatic carbocycles. The lowest BCUT2D eigenvalue weighted by Gasteiger charge is -2.23. The molecule has 0 unspecified atom stereocenters. The molecule has 0 radical (unpaired) electrons. The Morgan fingerprint density at radius 1 is 1.03 bits per heavy atom. The lowest BCUT2D eigenvalue weighted by atomic mass is 9.88. The zero-order valence-electron chi connectivity index (χ0n) is 16.4. The number of ether oxygens (including phenoxy) is 2. The number of aliphatic hydroxyl groups is 1. The van der Waals surface area contributed by atoms with Crippen molar-refractivity contribution in [2.24, 2.45) is 0 Å². The van der Waals surface area contributed by atoms with Crippen LogP contribution in [0, 0.1) is 5.82 Å². The van der Waals surface area contributed by atoms with Crippen molar-refractivity contribution >= 4 is 17.4 Å². The standard InChI is InChI=1S/C24H18FNO5/c25-18-7-3-1-5-16(18)13-26-19-8-4-2-6-17(19)24(29,23(26)28)12-20(27)15-9-10-21-22(11-15)31-14-30-21/h1-11,29H,12-14H2/t24-/m0/s1. The molecular formula is C24H18FNO5. The van der Waals surface area contributed by atoms with Crippen molar-refractivity contribution in [2.75, 3.05) is 11.7 Å². The summed E-state index contributed by atoms with van der Waals surface area (Å²) in [7, 11) is 0. The number of amides is 1. The van der Waals surface area contributed by atoms with Crippen LogP contribution in [0.5, 0.6) is 11.5 Å². The minimum atomic E-state index is -2.05. The molecule has 2 heterocycles. The van der Waals surface area contributed by atoms with Gasteiger partial charge in [0, 0.05) is 16.7 Å². The van der Waals surface area contributed by atoms with Gasteiger partial charge in [0.25, 0.3) is 5.91 Å². The van der Waals surface area contributed by atoms with E-state index in [-0.39, 0.29) is 13.3 Å². The van der Waals surface area contributed by atoms with Crippen LogP contribution in [0.1, 0.15) is 27.9 Å². The average molecular weight is 419 g/mol. The van der Waals surface area contributed by atoms with Crippen LogP contribution < -0.4 is 14.4 Å². The van der Waals surface area contributed by atoms with E-state index < -0.39 is 29.5 Å². The van der Waals surface area contributed by atoms with Gasteiger partial charge in [-0.1, -0.05) is 36.4 Å². The number of fused-ring (bicyclic) bond motifs is 2. The number of hydrogen-bond donors (Lipinski definition) is 1. The average Bonchev–Trinajstić information content (AvgIpc) is 3.32. The van der Waals surface area contributed by atoms with Gasteiger partial charge in [0.15, 0.2) is 22.9 Å². The van der Waals surface area contributed by atoms with Gasteiger partial charge in [-0.3, -0.25) is 9.59 Å². The van der Waals surface area contributed by atoms with E-state index in [1.54, 1.807) is 54.6 Å². The summed E-state index contributed by atoms with van der Waals surface area (Å²) in [6.45, 7) is 0.0246. The van der Waals surface area contributed by atoms with E-state index in [2.05, 4.69) is 0 Å². The van der Waals surface area contributed by atoms with Gasteiger partial charge in [-0.2, -0.15) is 0 Å². The lowest BCUT2D eigenvalue weighted by Crippen LogP contribution is -2.41. The Morgan fingerprint density at radius 3 is 2.61 bits per heavy atom. The Bertz CT molecular complexity index is 1210. The minimum Gasteiger partial charge on any atom is -0.454 e. The van der Waals surface area contributed by atoms with Crippen molar-refractivity contribution in [3.63, 3.8) is 0 Å². The van der Waals surface area contributed by atoms with Gasteiger partial charge >= 0.3 is 0 Å². The second-order valence-electron chi connectivity index (χ2n) is 7.53. The third-order valence-electron chi connectivity index (χ3n) is 5.64. The number of halogens is 1. The van der Waals surface area contributed by atoms with Gasteiger partial charge in [-0.15, -0.1) is 0 Å². The van der Waals surface area contributed by atoms with E-state index >= 15 is 0 Å². The molecular weight excluding hydrogens is 401 g/mol. The van der Waals surface area contributed by atoms with Gasteiger partial charge in [-0.05, 0) is 30.3 Å². The van der Waals surface area contributed by atoms with Crippen LogP contribution in [0.3, 0.4) is 0 Å². The van der Waals surface area contributed by atoms with E-state index in [0.717, 1.165) is 0 Å². The molecule has 2 aliphatic heterocycles. The second kappa shape index (κ2) is 7.21. The Balaban J connectivity index is 1.47. The lowest BCUT2D eigenvalue weighted by molar-refractivity contribution is -0.136. The first-order valence-corrected chi connectivity index (χ1v) is 9.77. The minimum absolute atomic E-state index is 0.0525. The molecule has 0 spiro atoms. The van der Waals surface area contributed by atoms with E-state index in [9.17, 15) is 19.1 Å². The second-order valence-corrected chi connectivity index (χ2v) is 7.53. The van der Waals surface area contributed by atoms with E-state index in [0.29, 0.717) is 33.9 Å². The van der Waals surface area contributed by atoms with Crippen molar-refractivity contribution in [3.8, 4) is 11.5 Å². The first kappa shape index (κ1) is 19.3. The molecule has 1 N–H and O–H groups in total. The van der Waals surface area contributed by atoms with E-state index in [4.69, 9.17) is 9.47 Å². The summed E-state index contributed by atoms with van der Waals surface area (Å²) in [5.41, 5.74) is -0.648. The summed E-state index contributed by atoms with van der Waals surface area (Å²) < 4.78 is 24.8. The Labute approximate surface area is 177 Å². The maximum Gasteiger partial charge on any atom is 0.264 e. The normalized spacial score (nSPS) is 18.9. The van der Waals surface area contributed by atoms with Crippen molar-refractivity contribution in [1.29, 1.82) is 0 Å². The molecule has 6 nitrogen and oxygen atoms in total. The largest absolute Gasteiger partial charge is 0.454 e. The number of ketones is 1. The van der Waals surface area contributed by atoms with Gasteiger partial charge in [-0.25, -0.2) is 4.39 Å². The number of hydrogen-bond acceptors (Lipinski definition) is 5. The Morgan fingerprint density at radius 2 is 1.77 bits per heavy atom. The highest BCUT2D eigenvalue weighted by Crippen LogP contribution is 2.44. The fourth-order valence-electron chi connectivity index (χ4n) is 4.04. The molecule has 1 atom stereocenters. The summed E-state index contributed by atoms with van der Waals surface area (Å²) in [6.07, 6.45) is -0.448. The van der Waals surface area contributed by atoms with Crippen LogP contribution >= 0.6 is 0 Å². The maximum atomic E-state index is 14.2. The summed E-state index contributed by atoms with van der Waals surface area (Å²) >= 11 is 0. The zero-order chi connectivity index (χ0) is 21.6. The summed E-state index contributed by atoms with van der Waals surface area (Å²) in [5.74, 6) is -0.548. The van der Waals surface area contributed by atoms with Crippen LogP contribution in [0.25, 0.3) is 0 Å². The van der Waals surface area contributed by atoms with Gasteiger partial charge in [0.2, 0.25) is 6.79 Å². The summed E-state index contributed by atoms with van der Waals surface area (Å²) in [5, 5.41) is 11.4. The number of rotatable bonds is 5. The molecule has 3 aromatic rings. The fourth-order valence-corrected chi connectivity index (χ4v) is 4.04. The molecule has 7 heteroatoms. The highest BCUT2D eigenvalue weighted by atomic mass is 19.1. The number of nitrogens with zero attached hydrogens (tertiary/aromatic N) is 1. The van der Waals surface area contributed by atoms with Crippen molar-refractivity contribution in [2.45, 2.75) is 18.6 Å². The Hall–Kier alpha value is -3.71. The quantitative estimate of drug-likeness (QED) is 0.640. The molecule has 0 bridgehead atoms. The number of benzene rings is 3. The smallest absolute Gasteiger partial charge is 0.264 e. The van der Waals surface area contributed by atoms with Crippen LogP contribution in [0.4, 0.5) is 10.1 Å². The van der Waals surface area contributed by atoms with E-state index in [1.165, 1.54) is 17.0 Å². The van der Waals surface area contributed by atoms with Crippen LogP contribution in [0.15, 0.2) is 66.7 Å². The fraction of sp³-hybridized carbons (Fsp3) is 0.167. The van der Waals surface area contributed by atoms with Gasteiger partial charge in [0.05, 0.1) is 18.7 Å². The Kier molecular flexibility index (Phi) is 4.48. The van der Waals surface area contributed by atoms with Crippen LogP contribution in [0.2, 0.25) is 0 Å². The van der Waals surface area contributed by atoms with Crippen molar-refractivity contribution in [3.05, 3.63) is 89.2 Å². The topological polar surface area (TPSA) is 76.1 Å². The monoisotopic (exact) mass is 419 g/mol. The molecule has 2 aliphatic rings. The third kappa shape index (κ3) is 3.14. The molecule has 0 fully saturated rings. The number of para-hydroxylation sites is 1. The molecule has 0 aliphatic carbocycles. The number of carbonyl (C=O) groups is 2. The highest BCUT2D eigenvalue weighted by Gasteiger charge is 2.50. The maximum absolute atomic E-state index is 14.2. The summed E-state index contributed by atoms with van der Waals surface area (Å²) in [6, 6.07) is 17.6. The first-order valence-electron chi connectivity index (χ1n) is 9.77. The van der Waals surface area contributed by atoms with Crippen LogP contribution in [-0.4, -0.2) is 23.6 Å². The molecule has 156 valence electrons. The highest BCUT2D eigenvalue weighted by molar-refractivity contribution is 6.10. The predicted molar refractivity (Wildman–Crippen MR) is 109 cm³/mol. The van der Waals surface area contributed by atoms with Gasteiger partial charge in [0.1, 0.15) is 5.82 Å². The number of carbonyl (C=O) groups excluding carboxylic acids is 2. The first-order chi connectivity index (χ1) is 15.0. The number of Topliss-reactive ketones (excluding diaryl/α,β-unsaturated/α-hetero) is 1. The van der Waals surface area contributed by atoms with Gasteiger partial charge < -0.3 is 19.5 Å². The zero-order valence-corrected chi connectivity index (χ0v) is 16.4. The molecule has 5 rings (SSSR count). The van der Waals surface area contributed by atoms with E-state index in [1.807, 2.05) is 0 Å².